The largest absolute Gasteiger partial charge is 0.354 e. The molecule has 1 saturated heterocycles. The topological polar surface area (TPSA) is 44.4 Å². The molecule has 76 valence electrons. The fourth-order valence-corrected chi connectivity index (χ4v) is 1.46. The van der Waals surface area contributed by atoms with Crippen LogP contribution in [0.4, 0.5) is 0 Å². The van der Waals surface area contributed by atoms with Crippen molar-refractivity contribution in [2.24, 2.45) is 0 Å². The van der Waals surface area contributed by atoms with Crippen LogP contribution >= 0.6 is 12.6 Å². The van der Waals surface area contributed by atoms with Gasteiger partial charge in [0.05, 0.1) is 5.75 Å². The molecule has 13 heavy (non-hydrogen) atoms. The maximum absolute atomic E-state index is 10.8. The molecule has 1 fully saturated rings. The molecule has 0 aromatic heterocycles. The average molecular weight is 203 g/mol. The first-order chi connectivity index (χ1) is 6.33. The van der Waals surface area contributed by atoms with E-state index in [4.69, 9.17) is 0 Å². The third-order valence-corrected chi connectivity index (χ3v) is 2.39. The lowest BCUT2D eigenvalue weighted by atomic mass is 10.3. The van der Waals surface area contributed by atoms with Gasteiger partial charge in [-0.2, -0.15) is 12.6 Å². The zero-order valence-corrected chi connectivity index (χ0v) is 8.65. The van der Waals surface area contributed by atoms with Gasteiger partial charge in [-0.25, -0.2) is 0 Å². The molecule has 0 radical (unpaired) electrons. The molecule has 5 heteroatoms. The Hall–Kier alpha value is -0.260. The van der Waals surface area contributed by atoms with Crippen molar-refractivity contribution in [2.75, 3.05) is 45.0 Å². The monoisotopic (exact) mass is 203 g/mol. The van der Waals surface area contributed by atoms with Gasteiger partial charge >= 0.3 is 0 Å². The molecular weight excluding hydrogens is 186 g/mol. The molecule has 1 amide bonds. The number of thiol groups is 1. The van der Waals surface area contributed by atoms with Gasteiger partial charge in [0.15, 0.2) is 0 Å². The molecule has 1 heterocycles. The van der Waals surface area contributed by atoms with Gasteiger partial charge in [-0.15, -0.1) is 0 Å². The van der Waals surface area contributed by atoms with Crippen LogP contribution in [0.1, 0.15) is 0 Å². The second kappa shape index (κ2) is 6.23. The first kappa shape index (κ1) is 10.8. The van der Waals surface area contributed by atoms with Crippen LogP contribution in [0.5, 0.6) is 0 Å². The molecule has 1 rings (SSSR count). The fraction of sp³-hybridized carbons (Fsp3) is 0.875. The summed E-state index contributed by atoms with van der Waals surface area (Å²) in [5.41, 5.74) is 0. The van der Waals surface area contributed by atoms with Crippen molar-refractivity contribution in [2.45, 2.75) is 0 Å². The molecule has 2 N–H and O–H groups in total. The molecule has 0 unspecified atom stereocenters. The summed E-state index contributed by atoms with van der Waals surface area (Å²) in [4.78, 5) is 13.2. The van der Waals surface area contributed by atoms with Crippen LogP contribution in [0.15, 0.2) is 0 Å². The van der Waals surface area contributed by atoms with E-state index in [-0.39, 0.29) is 11.7 Å². The zero-order valence-electron chi connectivity index (χ0n) is 7.75. The SMILES string of the molecule is O=C(CS)NCCN1CCNCC1. The molecule has 0 aliphatic carbocycles. The standard InChI is InChI=1S/C8H17N3OS/c12-8(7-13)10-3-6-11-4-1-9-2-5-11/h9,13H,1-7H2,(H,10,12). The summed E-state index contributed by atoms with van der Waals surface area (Å²) in [5, 5.41) is 6.09. The minimum Gasteiger partial charge on any atom is -0.354 e. The van der Waals surface area contributed by atoms with Crippen LogP contribution in [0.3, 0.4) is 0 Å². The molecule has 0 spiro atoms. The highest BCUT2D eigenvalue weighted by Gasteiger charge is 2.08. The Morgan fingerprint density at radius 3 is 2.77 bits per heavy atom. The lowest BCUT2D eigenvalue weighted by molar-refractivity contribution is -0.118. The van der Waals surface area contributed by atoms with Crippen molar-refractivity contribution in [1.29, 1.82) is 0 Å². The van der Waals surface area contributed by atoms with Gasteiger partial charge in [-0.1, -0.05) is 0 Å². The van der Waals surface area contributed by atoms with Gasteiger partial charge in [-0.05, 0) is 0 Å². The van der Waals surface area contributed by atoms with Gasteiger partial charge in [-0.3, -0.25) is 9.69 Å². The second-order valence-corrected chi connectivity index (χ2v) is 3.42. The highest BCUT2D eigenvalue weighted by Crippen LogP contribution is 1.89. The lowest BCUT2D eigenvalue weighted by Crippen LogP contribution is -2.46. The van der Waals surface area contributed by atoms with E-state index in [1.54, 1.807) is 0 Å². The van der Waals surface area contributed by atoms with Crippen LogP contribution in [0, 0.1) is 0 Å². The predicted molar refractivity (Wildman–Crippen MR) is 56.2 cm³/mol. The van der Waals surface area contributed by atoms with Crippen LogP contribution in [0.2, 0.25) is 0 Å². The predicted octanol–water partition coefficient (Wildman–Crippen LogP) is -1.06. The summed E-state index contributed by atoms with van der Waals surface area (Å²) >= 11 is 3.88. The molecule has 0 aromatic rings. The van der Waals surface area contributed by atoms with Crippen molar-refractivity contribution in [3.8, 4) is 0 Å². The molecule has 4 nitrogen and oxygen atoms in total. The van der Waals surface area contributed by atoms with Crippen molar-refractivity contribution < 1.29 is 4.79 Å². The van der Waals surface area contributed by atoms with Gasteiger partial charge in [0.25, 0.3) is 0 Å². The average Bonchev–Trinajstić information content (AvgIpc) is 2.19. The molecule has 0 atom stereocenters. The second-order valence-electron chi connectivity index (χ2n) is 3.10. The van der Waals surface area contributed by atoms with Gasteiger partial charge in [0.2, 0.25) is 5.91 Å². The minimum atomic E-state index is 0.0125. The summed E-state index contributed by atoms with van der Waals surface area (Å²) < 4.78 is 0. The Morgan fingerprint density at radius 1 is 1.46 bits per heavy atom. The first-order valence-electron chi connectivity index (χ1n) is 4.63. The van der Waals surface area contributed by atoms with Crippen LogP contribution in [0.25, 0.3) is 0 Å². The quantitative estimate of drug-likeness (QED) is 0.510. The Bertz CT molecular complexity index is 159. The number of carbonyl (C=O) groups excluding carboxylic acids is 1. The van der Waals surface area contributed by atoms with E-state index in [1.807, 2.05) is 0 Å². The number of carbonyl (C=O) groups is 1. The number of rotatable bonds is 4. The lowest BCUT2D eigenvalue weighted by Gasteiger charge is -2.26. The van der Waals surface area contributed by atoms with Crippen LogP contribution in [-0.4, -0.2) is 55.8 Å². The van der Waals surface area contributed by atoms with E-state index in [2.05, 4.69) is 28.2 Å². The number of hydrogen-bond donors (Lipinski definition) is 3. The molecule has 0 aromatic carbocycles. The number of piperazine rings is 1. The van der Waals surface area contributed by atoms with Crippen LogP contribution < -0.4 is 10.6 Å². The summed E-state index contributed by atoms with van der Waals surface area (Å²) in [5.74, 6) is 0.292. The van der Waals surface area contributed by atoms with E-state index in [0.717, 1.165) is 39.3 Å². The summed E-state index contributed by atoms with van der Waals surface area (Å²) in [7, 11) is 0. The number of nitrogens with zero attached hydrogens (tertiary/aromatic N) is 1. The highest BCUT2D eigenvalue weighted by atomic mass is 32.1. The molecule has 0 bridgehead atoms. The summed E-state index contributed by atoms with van der Waals surface area (Å²) in [6, 6.07) is 0. The third kappa shape index (κ3) is 4.50. The Labute approximate surface area is 84.5 Å². The minimum absolute atomic E-state index is 0.0125. The van der Waals surface area contributed by atoms with E-state index < -0.39 is 0 Å². The molecular formula is C8H17N3OS. The Morgan fingerprint density at radius 2 is 2.15 bits per heavy atom. The number of hydrogen-bond acceptors (Lipinski definition) is 4. The summed E-state index contributed by atoms with van der Waals surface area (Å²) in [6.07, 6.45) is 0. The Kier molecular flexibility index (Phi) is 5.19. The van der Waals surface area contributed by atoms with Gasteiger partial charge in [0.1, 0.15) is 0 Å². The smallest absolute Gasteiger partial charge is 0.229 e. The van der Waals surface area contributed by atoms with Crippen molar-refractivity contribution in [3.05, 3.63) is 0 Å². The fourth-order valence-electron chi connectivity index (χ4n) is 1.34. The van der Waals surface area contributed by atoms with E-state index in [9.17, 15) is 4.79 Å². The molecule has 0 saturated carbocycles. The number of nitrogens with one attached hydrogen (secondary N) is 2. The van der Waals surface area contributed by atoms with Crippen LogP contribution in [-0.2, 0) is 4.79 Å². The normalized spacial score (nSPS) is 18.5. The number of amides is 1. The summed E-state index contributed by atoms with van der Waals surface area (Å²) in [6.45, 7) is 5.95. The van der Waals surface area contributed by atoms with Gasteiger partial charge in [0, 0.05) is 39.3 Å². The molecule has 1 aliphatic rings. The van der Waals surface area contributed by atoms with Crippen molar-refractivity contribution in [3.63, 3.8) is 0 Å². The van der Waals surface area contributed by atoms with E-state index in [0.29, 0.717) is 0 Å². The highest BCUT2D eigenvalue weighted by molar-refractivity contribution is 7.81. The third-order valence-electron chi connectivity index (χ3n) is 2.10. The van der Waals surface area contributed by atoms with E-state index in [1.165, 1.54) is 0 Å². The van der Waals surface area contributed by atoms with E-state index >= 15 is 0 Å². The van der Waals surface area contributed by atoms with Crippen molar-refractivity contribution >= 4 is 18.5 Å². The Balaban J connectivity index is 2.01. The maximum atomic E-state index is 10.8. The molecule has 1 aliphatic heterocycles. The van der Waals surface area contributed by atoms with Crippen molar-refractivity contribution in [1.82, 2.24) is 15.5 Å². The van der Waals surface area contributed by atoms with Gasteiger partial charge < -0.3 is 10.6 Å². The maximum Gasteiger partial charge on any atom is 0.229 e. The zero-order chi connectivity index (χ0) is 9.52. The first-order valence-corrected chi connectivity index (χ1v) is 5.27.